The maximum atomic E-state index is 11.1. The summed E-state index contributed by atoms with van der Waals surface area (Å²) in [5.41, 5.74) is 0.928. The molecule has 0 amide bonds. The molecule has 0 saturated carbocycles. The fourth-order valence-corrected chi connectivity index (χ4v) is 1.58. The van der Waals surface area contributed by atoms with Crippen LogP contribution in [0.5, 0.6) is 5.75 Å². The van der Waals surface area contributed by atoms with Crippen LogP contribution >= 0.6 is 23.5 Å². The van der Waals surface area contributed by atoms with E-state index in [-0.39, 0.29) is 5.88 Å². The highest BCUT2D eigenvalue weighted by atomic mass is 35.5. The van der Waals surface area contributed by atoms with Crippen LogP contribution in [-0.4, -0.2) is 18.2 Å². The molecule has 0 aromatic heterocycles. The van der Waals surface area contributed by atoms with Crippen LogP contribution in [0.15, 0.2) is 18.2 Å². The first kappa shape index (κ1) is 13.1. The van der Waals surface area contributed by atoms with Gasteiger partial charge >= 0.3 is 5.97 Å². The standard InChI is InChI=1S/C10H10Cl2O4/c1-15-7-2-3-8(6(4-7)5-11)9(13)10(14)16-12/h2-4,9,13H,5H2,1H3/t9-/m1/s1. The zero-order valence-electron chi connectivity index (χ0n) is 8.44. The lowest BCUT2D eigenvalue weighted by atomic mass is 10.0. The third-order valence-electron chi connectivity index (χ3n) is 2.09. The van der Waals surface area contributed by atoms with Gasteiger partial charge in [-0.1, -0.05) is 6.07 Å². The summed E-state index contributed by atoms with van der Waals surface area (Å²) in [5.74, 6) is -0.219. The Morgan fingerprint density at radius 2 is 2.25 bits per heavy atom. The molecule has 0 radical (unpaired) electrons. The summed E-state index contributed by atoms with van der Waals surface area (Å²) < 4.78 is 8.93. The van der Waals surface area contributed by atoms with Crippen LogP contribution in [0.25, 0.3) is 0 Å². The molecule has 0 unspecified atom stereocenters. The van der Waals surface area contributed by atoms with E-state index in [2.05, 4.69) is 4.29 Å². The third-order valence-corrected chi connectivity index (χ3v) is 2.53. The van der Waals surface area contributed by atoms with Crippen molar-refractivity contribution in [3.63, 3.8) is 0 Å². The molecule has 0 aliphatic carbocycles. The molecule has 0 bridgehead atoms. The van der Waals surface area contributed by atoms with E-state index in [9.17, 15) is 9.90 Å². The van der Waals surface area contributed by atoms with Gasteiger partial charge in [-0.05, 0) is 23.3 Å². The van der Waals surface area contributed by atoms with Crippen molar-refractivity contribution in [3.8, 4) is 5.75 Å². The van der Waals surface area contributed by atoms with E-state index in [1.54, 1.807) is 12.1 Å². The van der Waals surface area contributed by atoms with Gasteiger partial charge in [0.05, 0.1) is 7.11 Å². The van der Waals surface area contributed by atoms with Gasteiger partial charge in [-0.15, -0.1) is 11.6 Å². The Morgan fingerprint density at radius 3 is 2.75 bits per heavy atom. The molecule has 1 aromatic rings. The minimum atomic E-state index is -1.45. The van der Waals surface area contributed by atoms with Gasteiger partial charge in [-0.25, -0.2) is 4.79 Å². The second-order valence-electron chi connectivity index (χ2n) is 3.00. The highest BCUT2D eigenvalue weighted by Crippen LogP contribution is 2.25. The summed E-state index contributed by atoms with van der Waals surface area (Å²) in [6.45, 7) is 0. The lowest BCUT2D eigenvalue weighted by Crippen LogP contribution is -2.13. The molecule has 1 N–H and O–H groups in total. The van der Waals surface area contributed by atoms with Gasteiger partial charge in [0.1, 0.15) is 17.6 Å². The summed E-state index contributed by atoms with van der Waals surface area (Å²) in [7, 11) is 1.51. The Bertz CT molecular complexity index is 381. The number of alkyl halides is 1. The van der Waals surface area contributed by atoms with E-state index in [4.69, 9.17) is 28.2 Å². The van der Waals surface area contributed by atoms with Gasteiger partial charge in [-0.2, -0.15) is 0 Å². The highest BCUT2D eigenvalue weighted by molar-refractivity contribution is 6.17. The topological polar surface area (TPSA) is 55.8 Å². The minimum absolute atomic E-state index is 0.138. The highest BCUT2D eigenvalue weighted by Gasteiger charge is 2.22. The monoisotopic (exact) mass is 264 g/mol. The zero-order chi connectivity index (χ0) is 12.1. The van der Waals surface area contributed by atoms with E-state index in [0.29, 0.717) is 16.9 Å². The van der Waals surface area contributed by atoms with Crippen molar-refractivity contribution in [1.82, 2.24) is 0 Å². The average Bonchev–Trinajstić information content (AvgIpc) is 2.35. The maximum absolute atomic E-state index is 11.1. The minimum Gasteiger partial charge on any atom is -0.497 e. The van der Waals surface area contributed by atoms with Gasteiger partial charge in [0, 0.05) is 5.88 Å². The molecule has 1 aromatic carbocycles. The molecule has 4 nitrogen and oxygen atoms in total. The number of ether oxygens (including phenoxy) is 1. The molecular formula is C10H10Cl2O4. The lowest BCUT2D eigenvalue weighted by molar-refractivity contribution is -0.143. The van der Waals surface area contributed by atoms with Crippen molar-refractivity contribution in [1.29, 1.82) is 0 Å². The average molecular weight is 265 g/mol. The van der Waals surface area contributed by atoms with E-state index in [1.165, 1.54) is 13.2 Å². The van der Waals surface area contributed by atoms with Gasteiger partial charge in [0.15, 0.2) is 6.10 Å². The number of aliphatic hydroxyl groups is 1. The number of hydrogen-bond acceptors (Lipinski definition) is 4. The molecule has 0 aliphatic heterocycles. The van der Waals surface area contributed by atoms with Crippen LogP contribution in [0, 0.1) is 0 Å². The number of hydrogen-bond donors (Lipinski definition) is 1. The molecule has 88 valence electrons. The Hall–Kier alpha value is -0.970. The zero-order valence-corrected chi connectivity index (χ0v) is 9.96. The van der Waals surface area contributed by atoms with Crippen molar-refractivity contribution in [3.05, 3.63) is 29.3 Å². The first-order valence-electron chi connectivity index (χ1n) is 4.37. The van der Waals surface area contributed by atoms with Crippen LogP contribution in [0.1, 0.15) is 17.2 Å². The van der Waals surface area contributed by atoms with Gasteiger partial charge in [0.2, 0.25) is 0 Å². The SMILES string of the molecule is COc1ccc([C@@H](O)C(=O)OCl)c(CCl)c1. The fraction of sp³-hybridized carbons (Fsp3) is 0.300. The number of carbonyl (C=O) groups excluding carboxylic acids is 1. The first-order chi connectivity index (χ1) is 7.63. The summed E-state index contributed by atoms with van der Waals surface area (Å²) in [6, 6.07) is 4.78. The Labute approximate surface area is 103 Å². The van der Waals surface area contributed by atoms with Crippen molar-refractivity contribution in [2.24, 2.45) is 0 Å². The third kappa shape index (κ3) is 2.78. The van der Waals surface area contributed by atoms with Crippen LogP contribution in [-0.2, 0) is 15.0 Å². The summed E-state index contributed by atoms with van der Waals surface area (Å²) in [4.78, 5) is 11.1. The van der Waals surface area contributed by atoms with Gasteiger partial charge in [0.25, 0.3) is 0 Å². The largest absolute Gasteiger partial charge is 0.497 e. The van der Waals surface area contributed by atoms with E-state index in [0.717, 1.165) is 0 Å². The number of methoxy groups -OCH3 is 1. The van der Waals surface area contributed by atoms with E-state index < -0.39 is 12.1 Å². The second-order valence-corrected chi connectivity index (χ2v) is 3.42. The van der Waals surface area contributed by atoms with E-state index in [1.807, 2.05) is 0 Å². The normalized spacial score (nSPS) is 12.0. The van der Waals surface area contributed by atoms with Crippen molar-refractivity contribution in [2.75, 3.05) is 7.11 Å². The molecule has 0 saturated heterocycles. The molecule has 0 spiro atoms. The second kappa shape index (κ2) is 5.94. The van der Waals surface area contributed by atoms with Crippen LogP contribution in [0.4, 0.5) is 0 Å². The van der Waals surface area contributed by atoms with Crippen molar-refractivity contribution in [2.45, 2.75) is 12.0 Å². The molecule has 0 heterocycles. The molecule has 16 heavy (non-hydrogen) atoms. The summed E-state index contributed by atoms with van der Waals surface area (Å²) >= 11 is 10.6. The van der Waals surface area contributed by atoms with Crippen LogP contribution < -0.4 is 4.74 Å². The Balaban J connectivity index is 3.08. The lowest BCUT2D eigenvalue weighted by Gasteiger charge is -2.12. The molecule has 1 atom stereocenters. The van der Waals surface area contributed by atoms with Gasteiger partial charge in [-0.3, -0.25) is 0 Å². The van der Waals surface area contributed by atoms with Crippen molar-refractivity contribution >= 4 is 29.4 Å². The van der Waals surface area contributed by atoms with E-state index >= 15 is 0 Å². The summed E-state index contributed by atoms with van der Waals surface area (Å²) in [6.07, 6.45) is -1.45. The maximum Gasteiger partial charge on any atom is 0.357 e. The predicted octanol–water partition coefficient (Wildman–Crippen LogP) is 2.16. The fourth-order valence-electron chi connectivity index (χ4n) is 1.26. The Morgan fingerprint density at radius 1 is 1.56 bits per heavy atom. The molecule has 6 heteroatoms. The number of benzene rings is 1. The van der Waals surface area contributed by atoms with Gasteiger partial charge < -0.3 is 14.1 Å². The van der Waals surface area contributed by atoms with Crippen LogP contribution in [0.3, 0.4) is 0 Å². The predicted molar refractivity (Wildman–Crippen MR) is 59.5 cm³/mol. The molecular weight excluding hydrogens is 255 g/mol. The number of aliphatic hydroxyl groups excluding tert-OH is 1. The molecule has 0 fully saturated rings. The molecule has 1 rings (SSSR count). The molecule has 0 aliphatic rings. The summed E-state index contributed by atoms with van der Waals surface area (Å²) in [5, 5.41) is 9.61. The first-order valence-corrected chi connectivity index (χ1v) is 5.21. The number of halogens is 2. The Kier molecular flexibility index (Phi) is 4.86. The smallest absolute Gasteiger partial charge is 0.357 e. The number of carbonyl (C=O) groups is 1. The van der Waals surface area contributed by atoms with Crippen molar-refractivity contribution < 1.29 is 18.9 Å². The van der Waals surface area contributed by atoms with Crippen LogP contribution in [0.2, 0.25) is 0 Å². The quantitative estimate of drug-likeness (QED) is 0.847. The number of rotatable bonds is 4.